The van der Waals surface area contributed by atoms with Crippen molar-refractivity contribution in [2.75, 3.05) is 13.2 Å². The van der Waals surface area contributed by atoms with Crippen molar-refractivity contribution in [3.8, 4) is 5.75 Å². The number of carboxylic acids is 1. The number of benzene rings is 1. The molecule has 21 heavy (non-hydrogen) atoms. The van der Waals surface area contributed by atoms with E-state index < -0.39 is 28.7 Å². The summed E-state index contributed by atoms with van der Waals surface area (Å²) < 4.78 is 31.1. The zero-order valence-electron chi connectivity index (χ0n) is 11.7. The van der Waals surface area contributed by atoms with Crippen LogP contribution in [-0.2, 0) is 14.8 Å². The van der Waals surface area contributed by atoms with Crippen LogP contribution in [0.25, 0.3) is 0 Å². The maximum absolute atomic E-state index is 12.0. The molecule has 0 fully saturated rings. The highest BCUT2D eigenvalue weighted by Crippen LogP contribution is 2.15. The topological polar surface area (TPSA) is 113 Å². The highest BCUT2D eigenvalue weighted by Gasteiger charge is 2.15. The van der Waals surface area contributed by atoms with E-state index in [1.165, 1.54) is 24.3 Å². The molecule has 0 bridgehead atoms. The van der Waals surface area contributed by atoms with Crippen LogP contribution >= 0.6 is 0 Å². The second-order valence-electron chi connectivity index (χ2n) is 4.45. The number of nitrogens with one attached hydrogen (secondary N) is 1. The molecule has 0 heterocycles. The van der Waals surface area contributed by atoms with Crippen LogP contribution < -0.4 is 9.46 Å². The van der Waals surface area contributed by atoms with Crippen LogP contribution in [0.4, 0.5) is 0 Å². The molecule has 0 aliphatic carbocycles. The molecule has 0 saturated heterocycles. The Morgan fingerprint density at radius 1 is 1.33 bits per heavy atom. The molecule has 8 heteroatoms. The molecule has 1 aromatic carbocycles. The minimum atomic E-state index is -3.70. The number of hydrogen-bond donors (Lipinski definition) is 3. The van der Waals surface area contributed by atoms with Gasteiger partial charge in [0.05, 0.1) is 11.0 Å². The van der Waals surface area contributed by atoms with E-state index in [1.807, 2.05) is 6.92 Å². The van der Waals surface area contributed by atoms with Gasteiger partial charge in [-0.05, 0) is 30.7 Å². The van der Waals surface area contributed by atoms with Gasteiger partial charge < -0.3 is 14.9 Å². The van der Waals surface area contributed by atoms with Crippen LogP contribution in [0.2, 0.25) is 0 Å². The largest absolute Gasteiger partial charge is 0.482 e. The van der Waals surface area contributed by atoms with Gasteiger partial charge in [-0.15, -0.1) is 0 Å². The average molecular weight is 317 g/mol. The van der Waals surface area contributed by atoms with Gasteiger partial charge in [0.1, 0.15) is 5.75 Å². The lowest BCUT2D eigenvalue weighted by molar-refractivity contribution is -0.139. The van der Waals surface area contributed by atoms with Crippen molar-refractivity contribution in [1.29, 1.82) is 0 Å². The van der Waals surface area contributed by atoms with Gasteiger partial charge in [0, 0.05) is 6.54 Å². The van der Waals surface area contributed by atoms with Gasteiger partial charge in [0.2, 0.25) is 10.0 Å². The molecular formula is C13H19NO6S. The van der Waals surface area contributed by atoms with Crippen LogP contribution in [0, 0.1) is 0 Å². The molecule has 0 aliphatic heterocycles. The first-order chi connectivity index (χ1) is 9.85. The minimum absolute atomic E-state index is 0.0221. The van der Waals surface area contributed by atoms with Crippen molar-refractivity contribution in [1.82, 2.24) is 4.72 Å². The highest BCUT2D eigenvalue weighted by molar-refractivity contribution is 7.89. The van der Waals surface area contributed by atoms with E-state index in [2.05, 4.69) is 4.72 Å². The smallest absolute Gasteiger partial charge is 0.341 e. The number of ether oxygens (including phenoxy) is 1. The first kappa shape index (κ1) is 17.4. The molecule has 0 aliphatic rings. The molecule has 0 saturated carbocycles. The normalized spacial score (nSPS) is 12.9. The molecule has 1 rings (SSSR count). The maximum Gasteiger partial charge on any atom is 0.341 e. The Kier molecular flexibility index (Phi) is 6.60. The van der Waals surface area contributed by atoms with Gasteiger partial charge >= 0.3 is 5.97 Å². The zero-order chi connectivity index (χ0) is 15.9. The lowest BCUT2D eigenvalue weighted by Crippen LogP contribution is -2.32. The number of carboxylic acid groups (broad SMARTS) is 1. The first-order valence-corrected chi connectivity index (χ1v) is 7.96. The SMILES string of the molecule is CCCC(O)CNS(=O)(=O)c1ccc(OCC(=O)O)cc1. The summed E-state index contributed by atoms with van der Waals surface area (Å²) in [6.07, 6.45) is 0.561. The van der Waals surface area contributed by atoms with Crippen molar-refractivity contribution >= 4 is 16.0 Å². The Hall–Kier alpha value is -1.64. The van der Waals surface area contributed by atoms with Crippen molar-refractivity contribution in [3.63, 3.8) is 0 Å². The number of rotatable bonds is 9. The van der Waals surface area contributed by atoms with Crippen LogP contribution in [0.3, 0.4) is 0 Å². The van der Waals surface area contributed by atoms with E-state index >= 15 is 0 Å². The van der Waals surface area contributed by atoms with Gasteiger partial charge in [-0.25, -0.2) is 17.9 Å². The standard InChI is InChI=1S/C13H19NO6S/c1-2-3-10(15)8-14-21(18,19)12-6-4-11(5-7-12)20-9-13(16)17/h4-7,10,14-15H,2-3,8-9H2,1H3,(H,16,17). The van der Waals surface area contributed by atoms with Crippen molar-refractivity contribution in [2.24, 2.45) is 0 Å². The average Bonchev–Trinajstić information content (AvgIpc) is 2.44. The summed E-state index contributed by atoms with van der Waals surface area (Å²) in [4.78, 5) is 10.4. The number of sulfonamides is 1. The summed E-state index contributed by atoms with van der Waals surface area (Å²) >= 11 is 0. The van der Waals surface area contributed by atoms with E-state index in [0.717, 1.165) is 6.42 Å². The number of aliphatic hydroxyl groups excluding tert-OH is 1. The summed E-state index contributed by atoms with van der Waals surface area (Å²) in [6.45, 7) is 1.36. The molecule has 1 unspecified atom stereocenters. The van der Waals surface area contributed by atoms with E-state index in [0.29, 0.717) is 6.42 Å². The van der Waals surface area contributed by atoms with Crippen molar-refractivity contribution in [2.45, 2.75) is 30.8 Å². The second kappa shape index (κ2) is 7.96. The summed E-state index contributed by atoms with van der Waals surface area (Å²) in [5.41, 5.74) is 0. The van der Waals surface area contributed by atoms with E-state index in [-0.39, 0.29) is 17.2 Å². The Bertz CT molecular complexity index is 555. The number of hydrogen-bond acceptors (Lipinski definition) is 5. The Balaban J connectivity index is 2.64. The van der Waals surface area contributed by atoms with Crippen molar-refractivity contribution in [3.05, 3.63) is 24.3 Å². The third-order valence-electron chi connectivity index (χ3n) is 2.63. The van der Waals surface area contributed by atoms with Gasteiger partial charge in [-0.2, -0.15) is 0 Å². The van der Waals surface area contributed by atoms with Gasteiger partial charge in [0.15, 0.2) is 6.61 Å². The summed E-state index contributed by atoms with van der Waals surface area (Å²) in [7, 11) is -3.70. The fourth-order valence-electron chi connectivity index (χ4n) is 1.58. The molecule has 0 amide bonds. The molecular weight excluding hydrogens is 298 g/mol. The summed E-state index contributed by atoms with van der Waals surface area (Å²) in [6, 6.07) is 5.37. The molecule has 3 N–H and O–H groups in total. The molecule has 7 nitrogen and oxygen atoms in total. The lowest BCUT2D eigenvalue weighted by Gasteiger charge is -2.11. The lowest BCUT2D eigenvalue weighted by atomic mass is 10.2. The van der Waals surface area contributed by atoms with Crippen LogP contribution in [0.5, 0.6) is 5.75 Å². The van der Waals surface area contributed by atoms with Gasteiger partial charge in [-0.1, -0.05) is 13.3 Å². The van der Waals surface area contributed by atoms with Crippen molar-refractivity contribution < 1.29 is 28.2 Å². The quantitative estimate of drug-likeness (QED) is 0.614. The zero-order valence-corrected chi connectivity index (χ0v) is 12.5. The summed E-state index contributed by atoms with van der Waals surface area (Å²) in [5.74, 6) is -0.847. The monoisotopic (exact) mass is 317 g/mol. The third kappa shape index (κ3) is 6.11. The fraction of sp³-hybridized carbons (Fsp3) is 0.462. The maximum atomic E-state index is 12.0. The Morgan fingerprint density at radius 3 is 2.48 bits per heavy atom. The first-order valence-electron chi connectivity index (χ1n) is 6.47. The number of aliphatic carboxylic acids is 1. The highest BCUT2D eigenvalue weighted by atomic mass is 32.2. The fourth-order valence-corrected chi connectivity index (χ4v) is 2.66. The van der Waals surface area contributed by atoms with E-state index in [4.69, 9.17) is 9.84 Å². The molecule has 0 spiro atoms. The van der Waals surface area contributed by atoms with Crippen LogP contribution in [0.15, 0.2) is 29.2 Å². The van der Waals surface area contributed by atoms with Gasteiger partial charge in [-0.3, -0.25) is 0 Å². The Labute approximate surface area is 123 Å². The van der Waals surface area contributed by atoms with E-state index in [1.54, 1.807) is 0 Å². The minimum Gasteiger partial charge on any atom is -0.482 e. The molecule has 1 atom stereocenters. The third-order valence-corrected chi connectivity index (χ3v) is 4.07. The molecule has 1 aromatic rings. The molecule has 0 aromatic heterocycles. The van der Waals surface area contributed by atoms with Crippen LogP contribution in [-0.4, -0.2) is 43.9 Å². The Morgan fingerprint density at radius 2 is 1.95 bits per heavy atom. The van der Waals surface area contributed by atoms with E-state index in [9.17, 15) is 18.3 Å². The number of aliphatic hydroxyl groups is 1. The number of carbonyl (C=O) groups is 1. The molecule has 118 valence electrons. The predicted octanol–water partition coefficient (Wildman–Crippen LogP) is 0.589. The summed E-state index contributed by atoms with van der Waals surface area (Å²) in [5, 5.41) is 18.0. The van der Waals surface area contributed by atoms with Crippen LogP contribution in [0.1, 0.15) is 19.8 Å². The predicted molar refractivity (Wildman–Crippen MR) is 75.7 cm³/mol. The van der Waals surface area contributed by atoms with Gasteiger partial charge in [0.25, 0.3) is 0 Å². The molecule has 0 radical (unpaired) electrons. The second-order valence-corrected chi connectivity index (χ2v) is 6.22.